The number of carboxylic acids is 1. The monoisotopic (exact) mass is 279 g/mol. The number of nitrogens with one attached hydrogen (secondary N) is 1. The maximum Gasteiger partial charge on any atom is 0.320 e. The van der Waals surface area contributed by atoms with Crippen LogP contribution in [0.1, 0.15) is 37.0 Å². The van der Waals surface area contributed by atoms with Gasteiger partial charge in [0.05, 0.1) is 5.56 Å². The first kappa shape index (κ1) is 16.2. The van der Waals surface area contributed by atoms with E-state index in [4.69, 9.17) is 9.84 Å². The second-order valence-corrected chi connectivity index (χ2v) is 4.53. The number of ether oxygens (including phenoxy) is 1. The van der Waals surface area contributed by atoms with E-state index in [-0.39, 0.29) is 5.78 Å². The average molecular weight is 279 g/mol. The zero-order chi connectivity index (χ0) is 15.0. The Bertz CT molecular complexity index is 459. The summed E-state index contributed by atoms with van der Waals surface area (Å²) in [5, 5.41) is 11.9. The van der Waals surface area contributed by atoms with Crippen molar-refractivity contribution in [3.8, 4) is 5.75 Å². The van der Waals surface area contributed by atoms with Gasteiger partial charge in [-0.25, -0.2) is 0 Å². The summed E-state index contributed by atoms with van der Waals surface area (Å²) in [5.74, 6) is -0.372. The Balaban J connectivity index is 2.45. The molecule has 0 bridgehead atoms. The number of carbonyl (C=O) groups excluding carboxylic acids is 1. The van der Waals surface area contributed by atoms with Crippen LogP contribution < -0.4 is 10.1 Å². The van der Waals surface area contributed by atoms with Crippen molar-refractivity contribution in [2.45, 2.75) is 32.7 Å². The van der Waals surface area contributed by atoms with Gasteiger partial charge in [0.15, 0.2) is 5.78 Å². The number of benzene rings is 1. The highest BCUT2D eigenvalue weighted by atomic mass is 16.5. The molecule has 0 heterocycles. The van der Waals surface area contributed by atoms with E-state index in [1.54, 1.807) is 24.3 Å². The van der Waals surface area contributed by atoms with E-state index in [0.717, 1.165) is 6.42 Å². The molecule has 0 spiro atoms. The molecule has 0 fully saturated rings. The van der Waals surface area contributed by atoms with E-state index in [1.807, 2.05) is 6.92 Å². The minimum absolute atomic E-state index is 0.0528. The summed E-state index contributed by atoms with van der Waals surface area (Å²) in [4.78, 5) is 22.4. The van der Waals surface area contributed by atoms with Gasteiger partial charge in [0.25, 0.3) is 0 Å². The minimum Gasteiger partial charge on any atom is -0.492 e. The molecule has 0 saturated heterocycles. The largest absolute Gasteiger partial charge is 0.492 e. The number of carbonyl (C=O) groups is 2. The molecule has 110 valence electrons. The summed E-state index contributed by atoms with van der Waals surface area (Å²) in [7, 11) is 0. The molecule has 0 aromatic heterocycles. The van der Waals surface area contributed by atoms with Crippen LogP contribution in [0.5, 0.6) is 5.75 Å². The van der Waals surface area contributed by atoms with Gasteiger partial charge in [-0.1, -0.05) is 25.5 Å². The van der Waals surface area contributed by atoms with Crippen molar-refractivity contribution in [1.29, 1.82) is 0 Å². The highest BCUT2D eigenvalue weighted by molar-refractivity contribution is 5.96. The van der Waals surface area contributed by atoms with Crippen LogP contribution in [-0.2, 0) is 4.79 Å². The standard InChI is InChI=1S/C15H21NO4/c1-3-6-13(15(18)19)16-9-10-20-14-8-5-4-7-12(14)11(2)17/h4-5,7-8,13,16H,3,6,9-10H2,1-2H3,(H,18,19). The molecular formula is C15H21NO4. The van der Waals surface area contributed by atoms with Crippen LogP contribution in [0.25, 0.3) is 0 Å². The molecule has 2 N–H and O–H groups in total. The van der Waals surface area contributed by atoms with Crippen molar-refractivity contribution in [3.63, 3.8) is 0 Å². The Labute approximate surface area is 118 Å². The third-order valence-corrected chi connectivity index (χ3v) is 2.89. The van der Waals surface area contributed by atoms with Gasteiger partial charge < -0.3 is 15.2 Å². The maximum absolute atomic E-state index is 11.4. The fraction of sp³-hybridized carbons (Fsp3) is 0.467. The van der Waals surface area contributed by atoms with Crippen molar-refractivity contribution in [2.75, 3.05) is 13.2 Å². The van der Waals surface area contributed by atoms with Gasteiger partial charge in [-0.2, -0.15) is 0 Å². The molecule has 1 unspecified atom stereocenters. The van der Waals surface area contributed by atoms with Crippen LogP contribution in [-0.4, -0.2) is 36.1 Å². The Morgan fingerprint density at radius 2 is 2.05 bits per heavy atom. The van der Waals surface area contributed by atoms with Gasteiger partial charge in [0, 0.05) is 6.54 Å². The molecule has 0 radical (unpaired) electrons. The molecule has 0 aliphatic carbocycles. The molecule has 5 heteroatoms. The number of carboxylic acid groups (broad SMARTS) is 1. The molecule has 5 nitrogen and oxygen atoms in total. The van der Waals surface area contributed by atoms with Gasteiger partial charge >= 0.3 is 5.97 Å². The first-order valence-electron chi connectivity index (χ1n) is 6.75. The summed E-state index contributed by atoms with van der Waals surface area (Å²) in [6, 6.07) is 6.47. The maximum atomic E-state index is 11.4. The quantitative estimate of drug-likeness (QED) is 0.535. The van der Waals surface area contributed by atoms with E-state index in [0.29, 0.717) is 30.9 Å². The Hall–Kier alpha value is -1.88. The van der Waals surface area contributed by atoms with Crippen LogP contribution in [0.3, 0.4) is 0 Å². The molecular weight excluding hydrogens is 258 g/mol. The molecule has 1 atom stereocenters. The number of hydrogen-bond acceptors (Lipinski definition) is 4. The van der Waals surface area contributed by atoms with Gasteiger partial charge in [0.2, 0.25) is 0 Å². The molecule has 20 heavy (non-hydrogen) atoms. The van der Waals surface area contributed by atoms with Crippen molar-refractivity contribution >= 4 is 11.8 Å². The number of rotatable bonds is 9. The second-order valence-electron chi connectivity index (χ2n) is 4.53. The molecule has 0 aliphatic rings. The SMILES string of the molecule is CCCC(NCCOc1ccccc1C(C)=O)C(=O)O. The van der Waals surface area contributed by atoms with E-state index in [1.165, 1.54) is 6.92 Å². The van der Waals surface area contributed by atoms with Crippen LogP contribution in [0, 0.1) is 0 Å². The summed E-state index contributed by atoms with van der Waals surface area (Å²) in [6.45, 7) is 4.17. The number of Topliss-reactive ketones (excluding diaryl/α,β-unsaturated/α-hetero) is 1. The Morgan fingerprint density at radius 3 is 2.65 bits per heavy atom. The number of aliphatic carboxylic acids is 1. The minimum atomic E-state index is -0.851. The number of ketones is 1. The van der Waals surface area contributed by atoms with Gasteiger partial charge in [-0.15, -0.1) is 0 Å². The Morgan fingerprint density at radius 1 is 1.35 bits per heavy atom. The lowest BCUT2D eigenvalue weighted by atomic mass is 10.1. The predicted molar refractivity (Wildman–Crippen MR) is 76.3 cm³/mol. The van der Waals surface area contributed by atoms with Crippen molar-refractivity contribution in [1.82, 2.24) is 5.32 Å². The van der Waals surface area contributed by atoms with Gasteiger partial charge in [0.1, 0.15) is 18.4 Å². The topological polar surface area (TPSA) is 75.6 Å². The summed E-state index contributed by atoms with van der Waals surface area (Å²) < 4.78 is 5.53. The third-order valence-electron chi connectivity index (χ3n) is 2.89. The van der Waals surface area contributed by atoms with E-state index >= 15 is 0 Å². The van der Waals surface area contributed by atoms with E-state index < -0.39 is 12.0 Å². The normalized spacial score (nSPS) is 11.9. The highest BCUT2D eigenvalue weighted by Crippen LogP contribution is 2.17. The zero-order valence-electron chi connectivity index (χ0n) is 11.9. The molecule has 1 aromatic carbocycles. The van der Waals surface area contributed by atoms with Crippen LogP contribution in [0.4, 0.5) is 0 Å². The van der Waals surface area contributed by atoms with E-state index in [9.17, 15) is 9.59 Å². The fourth-order valence-electron chi connectivity index (χ4n) is 1.88. The zero-order valence-corrected chi connectivity index (χ0v) is 11.9. The van der Waals surface area contributed by atoms with Crippen LogP contribution in [0.15, 0.2) is 24.3 Å². The van der Waals surface area contributed by atoms with Crippen molar-refractivity contribution in [2.24, 2.45) is 0 Å². The van der Waals surface area contributed by atoms with Crippen LogP contribution >= 0.6 is 0 Å². The number of hydrogen-bond donors (Lipinski definition) is 2. The smallest absolute Gasteiger partial charge is 0.320 e. The van der Waals surface area contributed by atoms with Crippen molar-refractivity contribution < 1.29 is 19.4 Å². The first-order valence-corrected chi connectivity index (χ1v) is 6.75. The molecule has 1 aromatic rings. The molecule has 0 aliphatic heterocycles. The highest BCUT2D eigenvalue weighted by Gasteiger charge is 2.15. The number of para-hydroxylation sites is 1. The van der Waals surface area contributed by atoms with E-state index in [2.05, 4.69) is 5.32 Å². The second kappa shape index (κ2) is 8.32. The fourth-order valence-corrected chi connectivity index (χ4v) is 1.88. The van der Waals surface area contributed by atoms with Crippen LogP contribution in [0.2, 0.25) is 0 Å². The first-order chi connectivity index (χ1) is 9.56. The summed E-state index contributed by atoms with van der Waals surface area (Å²) in [6.07, 6.45) is 1.39. The van der Waals surface area contributed by atoms with Crippen molar-refractivity contribution in [3.05, 3.63) is 29.8 Å². The van der Waals surface area contributed by atoms with Gasteiger partial charge in [-0.05, 0) is 25.5 Å². The Kier molecular flexibility index (Phi) is 6.73. The lowest BCUT2D eigenvalue weighted by Crippen LogP contribution is -2.38. The molecule has 1 rings (SSSR count). The predicted octanol–water partition coefficient (Wildman–Crippen LogP) is 2.11. The molecule has 0 amide bonds. The van der Waals surface area contributed by atoms with Gasteiger partial charge in [-0.3, -0.25) is 9.59 Å². The average Bonchev–Trinajstić information content (AvgIpc) is 2.42. The lowest BCUT2D eigenvalue weighted by Gasteiger charge is -2.14. The lowest BCUT2D eigenvalue weighted by molar-refractivity contribution is -0.139. The summed E-state index contributed by atoms with van der Waals surface area (Å²) >= 11 is 0. The third kappa shape index (κ3) is 5.01. The molecule has 0 saturated carbocycles. The summed E-state index contributed by atoms with van der Waals surface area (Å²) in [5.41, 5.74) is 0.538.